The van der Waals surface area contributed by atoms with E-state index in [-0.39, 0.29) is 34.4 Å². The molecule has 17 heavy (non-hydrogen) atoms. The van der Waals surface area contributed by atoms with Gasteiger partial charge in [-0.2, -0.15) is 0 Å². The Morgan fingerprint density at radius 1 is 1.65 bits per heavy atom. The van der Waals surface area contributed by atoms with Gasteiger partial charge in [-0.25, -0.2) is 13.8 Å². The van der Waals surface area contributed by atoms with Crippen molar-refractivity contribution in [1.29, 1.82) is 0 Å². The Labute approximate surface area is 105 Å². The summed E-state index contributed by atoms with van der Waals surface area (Å²) in [5.74, 6) is -0.499. The topological polar surface area (TPSA) is 65.2 Å². The maximum atomic E-state index is 12.9. The van der Waals surface area contributed by atoms with Crippen molar-refractivity contribution in [3.8, 4) is 0 Å². The van der Waals surface area contributed by atoms with E-state index in [0.29, 0.717) is 0 Å². The van der Waals surface area contributed by atoms with Gasteiger partial charge >= 0.3 is 5.97 Å². The number of hydrogen-bond acceptors (Lipinski definition) is 4. The summed E-state index contributed by atoms with van der Waals surface area (Å²) in [6.45, 7) is 0. The number of esters is 1. The molecule has 0 aliphatic rings. The second-order valence-corrected chi connectivity index (χ2v) is 3.81. The number of nitrogens with zero attached hydrogens (tertiary/aromatic N) is 1. The number of carbonyl (C=O) groups is 1. The molecule has 0 atom stereocenters. The van der Waals surface area contributed by atoms with Gasteiger partial charge in [-0.1, -0.05) is 15.9 Å². The lowest BCUT2D eigenvalue weighted by molar-refractivity contribution is -0.139. The first-order chi connectivity index (χ1) is 7.99. The van der Waals surface area contributed by atoms with Crippen LogP contribution in [-0.4, -0.2) is 18.1 Å². The molecule has 0 aliphatic heterocycles. The highest BCUT2D eigenvalue weighted by Gasteiger charge is 2.21. The summed E-state index contributed by atoms with van der Waals surface area (Å²) in [7, 11) is 1.19. The molecule has 0 saturated carbocycles. The molecule has 7 heteroatoms. The minimum atomic E-state index is -2.71. The highest BCUT2D eigenvalue weighted by Crippen LogP contribution is 2.29. The smallest absolute Gasteiger partial charge is 0.309 e. The Balaban J connectivity index is 3.25. The lowest BCUT2D eigenvalue weighted by Gasteiger charge is -2.12. The molecular weight excluding hydrogens is 298 g/mol. The number of hydrogen-bond donors (Lipinski definition) is 1. The van der Waals surface area contributed by atoms with Crippen molar-refractivity contribution < 1.29 is 18.3 Å². The first-order valence-electron chi connectivity index (χ1n) is 4.68. The van der Waals surface area contributed by atoms with Crippen LogP contribution in [0.4, 0.5) is 14.6 Å². The summed E-state index contributed by atoms with van der Waals surface area (Å²) in [4.78, 5) is 14.9. The van der Waals surface area contributed by atoms with Crippen molar-refractivity contribution in [2.45, 2.75) is 18.2 Å². The monoisotopic (exact) mass is 308 g/mol. The average molecular weight is 309 g/mol. The molecule has 1 aromatic rings. The maximum absolute atomic E-state index is 12.9. The minimum absolute atomic E-state index is 0.0998. The number of methoxy groups -OCH3 is 1. The third-order valence-corrected chi connectivity index (χ3v) is 2.68. The van der Waals surface area contributed by atoms with Gasteiger partial charge in [-0.05, 0) is 11.6 Å². The molecule has 0 aromatic carbocycles. The standard InChI is InChI=1S/C10H11BrF2N2O2/c1-17-8(16)3-5-2-7(14)15-6(4-11)9(5)10(12)13/h2,10H,3-4H2,1H3,(H2,14,15). The van der Waals surface area contributed by atoms with Gasteiger partial charge in [0.15, 0.2) is 0 Å². The Morgan fingerprint density at radius 3 is 2.76 bits per heavy atom. The number of aromatic nitrogens is 1. The van der Waals surface area contributed by atoms with Crippen molar-refractivity contribution in [3.63, 3.8) is 0 Å². The van der Waals surface area contributed by atoms with E-state index >= 15 is 0 Å². The van der Waals surface area contributed by atoms with Crippen molar-refractivity contribution in [3.05, 3.63) is 22.9 Å². The summed E-state index contributed by atoms with van der Waals surface area (Å²) >= 11 is 3.06. The number of pyridine rings is 1. The first kappa shape index (κ1) is 13.8. The fourth-order valence-electron chi connectivity index (χ4n) is 1.43. The van der Waals surface area contributed by atoms with Crippen molar-refractivity contribution in [2.24, 2.45) is 0 Å². The number of ether oxygens (including phenoxy) is 1. The van der Waals surface area contributed by atoms with E-state index < -0.39 is 12.4 Å². The quantitative estimate of drug-likeness (QED) is 0.684. The van der Waals surface area contributed by atoms with Crippen LogP contribution >= 0.6 is 15.9 Å². The van der Waals surface area contributed by atoms with Crippen LogP contribution in [0.15, 0.2) is 6.07 Å². The van der Waals surface area contributed by atoms with E-state index in [1.54, 1.807) is 0 Å². The molecule has 0 spiro atoms. The molecule has 0 bridgehead atoms. The second kappa shape index (κ2) is 5.90. The van der Waals surface area contributed by atoms with Crippen LogP contribution < -0.4 is 5.73 Å². The van der Waals surface area contributed by atoms with Crippen LogP contribution in [0, 0.1) is 0 Å². The third kappa shape index (κ3) is 3.36. The molecule has 0 amide bonds. The summed E-state index contributed by atoms with van der Waals surface area (Å²) in [6.07, 6.45) is -2.96. The third-order valence-electron chi connectivity index (χ3n) is 2.15. The van der Waals surface area contributed by atoms with E-state index in [9.17, 15) is 13.6 Å². The minimum Gasteiger partial charge on any atom is -0.469 e. The molecule has 0 radical (unpaired) electrons. The number of halogens is 3. The Morgan fingerprint density at radius 2 is 2.29 bits per heavy atom. The van der Waals surface area contributed by atoms with Crippen LogP contribution in [0.25, 0.3) is 0 Å². The first-order valence-corrected chi connectivity index (χ1v) is 5.80. The molecule has 0 unspecified atom stereocenters. The highest BCUT2D eigenvalue weighted by molar-refractivity contribution is 9.08. The highest BCUT2D eigenvalue weighted by atomic mass is 79.9. The number of nitrogen functional groups attached to an aromatic ring is 1. The predicted molar refractivity (Wildman–Crippen MR) is 62.0 cm³/mol. The van der Waals surface area contributed by atoms with Crippen LogP contribution in [-0.2, 0) is 21.3 Å². The molecule has 0 saturated heterocycles. The van der Waals surface area contributed by atoms with E-state index in [1.807, 2.05) is 0 Å². The molecule has 0 fully saturated rings. The molecule has 1 rings (SSSR count). The van der Waals surface area contributed by atoms with Crippen LogP contribution in [0.1, 0.15) is 23.2 Å². The van der Waals surface area contributed by atoms with Gasteiger partial charge < -0.3 is 10.5 Å². The normalized spacial score (nSPS) is 10.6. The van der Waals surface area contributed by atoms with E-state index in [4.69, 9.17) is 5.73 Å². The SMILES string of the molecule is COC(=O)Cc1cc(N)nc(CBr)c1C(F)F. The van der Waals surface area contributed by atoms with Gasteiger partial charge in [0.05, 0.1) is 19.2 Å². The van der Waals surface area contributed by atoms with Crippen LogP contribution in [0.3, 0.4) is 0 Å². The van der Waals surface area contributed by atoms with Gasteiger partial charge in [0, 0.05) is 10.9 Å². The van der Waals surface area contributed by atoms with Gasteiger partial charge in [0.2, 0.25) is 0 Å². The summed E-state index contributed by atoms with van der Waals surface area (Å²) in [6, 6.07) is 1.27. The Hall–Kier alpha value is -1.24. The Bertz CT molecular complexity index is 427. The fraction of sp³-hybridized carbons (Fsp3) is 0.400. The van der Waals surface area contributed by atoms with Crippen molar-refractivity contribution >= 4 is 27.7 Å². The summed E-state index contributed by atoms with van der Waals surface area (Å²) in [5.41, 5.74) is 5.51. The average Bonchev–Trinajstić information content (AvgIpc) is 2.27. The van der Waals surface area contributed by atoms with Gasteiger partial charge in [-0.15, -0.1) is 0 Å². The van der Waals surface area contributed by atoms with E-state index in [2.05, 4.69) is 25.7 Å². The van der Waals surface area contributed by atoms with Crippen LogP contribution in [0.2, 0.25) is 0 Å². The van der Waals surface area contributed by atoms with E-state index in [0.717, 1.165) is 0 Å². The molecule has 0 aliphatic carbocycles. The number of nitrogens with two attached hydrogens (primary N) is 1. The largest absolute Gasteiger partial charge is 0.469 e. The molecule has 2 N–H and O–H groups in total. The number of carbonyl (C=O) groups excluding carboxylic acids is 1. The summed E-state index contributed by atoms with van der Waals surface area (Å²) < 4.78 is 30.3. The predicted octanol–water partition coefficient (Wildman–Crippen LogP) is 2.21. The fourth-order valence-corrected chi connectivity index (χ4v) is 1.86. The molecule has 94 valence electrons. The Kier molecular flexibility index (Phi) is 4.80. The van der Waals surface area contributed by atoms with Crippen molar-refractivity contribution in [1.82, 2.24) is 4.98 Å². The maximum Gasteiger partial charge on any atom is 0.309 e. The number of alkyl halides is 3. The molecule has 1 aromatic heterocycles. The zero-order valence-electron chi connectivity index (χ0n) is 9.04. The number of rotatable bonds is 4. The molecular formula is C10H11BrF2N2O2. The number of anilines is 1. The van der Waals surface area contributed by atoms with Gasteiger partial charge in [-0.3, -0.25) is 4.79 Å². The lowest BCUT2D eigenvalue weighted by Crippen LogP contribution is -2.11. The van der Waals surface area contributed by atoms with Gasteiger partial charge in [0.25, 0.3) is 6.43 Å². The van der Waals surface area contributed by atoms with Crippen molar-refractivity contribution in [2.75, 3.05) is 12.8 Å². The lowest BCUT2D eigenvalue weighted by atomic mass is 10.0. The van der Waals surface area contributed by atoms with Crippen LogP contribution in [0.5, 0.6) is 0 Å². The van der Waals surface area contributed by atoms with E-state index in [1.165, 1.54) is 13.2 Å². The molecule has 1 heterocycles. The zero-order valence-corrected chi connectivity index (χ0v) is 10.6. The van der Waals surface area contributed by atoms with Gasteiger partial charge in [0.1, 0.15) is 5.82 Å². The molecule has 4 nitrogen and oxygen atoms in total. The summed E-state index contributed by atoms with van der Waals surface area (Å²) in [5, 5.41) is 0.145. The second-order valence-electron chi connectivity index (χ2n) is 3.25. The zero-order chi connectivity index (χ0) is 13.0.